The highest BCUT2D eigenvalue weighted by Gasteiger charge is 2.21. The molecule has 1 amide bonds. The molecule has 0 atom stereocenters. The number of nitrogens with zero attached hydrogens (tertiary/aromatic N) is 3. The van der Waals surface area contributed by atoms with Crippen molar-refractivity contribution < 1.29 is 14.3 Å². The molecule has 34 heavy (non-hydrogen) atoms. The highest BCUT2D eigenvalue weighted by Crippen LogP contribution is 2.23. The summed E-state index contributed by atoms with van der Waals surface area (Å²) < 4.78 is 13.2. The van der Waals surface area contributed by atoms with E-state index in [1.807, 2.05) is 41.1 Å². The van der Waals surface area contributed by atoms with E-state index in [1.54, 1.807) is 6.20 Å². The van der Waals surface area contributed by atoms with Gasteiger partial charge in [0.1, 0.15) is 12.4 Å². The van der Waals surface area contributed by atoms with Crippen molar-refractivity contribution in [3.05, 3.63) is 77.1 Å². The Kier molecular flexibility index (Phi) is 7.98. The van der Waals surface area contributed by atoms with E-state index in [0.29, 0.717) is 18.7 Å². The average molecular weight is 463 g/mol. The Balaban J connectivity index is 1.37. The maximum absolute atomic E-state index is 13.1. The Labute approximate surface area is 201 Å². The van der Waals surface area contributed by atoms with Crippen molar-refractivity contribution in [3.8, 4) is 11.4 Å². The summed E-state index contributed by atoms with van der Waals surface area (Å²) in [5.41, 5.74) is 4.65. The van der Waals surface area contributed by atoms with E-state index in [0.717, 1.165) is 55.5 Å². The Hall–Kier alpha value is -3.16. The lowest BCUT2D eigenvalue weighted by Gasteiger charge is -2.26. The molecule has 1 saturated heterocycles. The van der Waals surface area contributed by atoms with Crippen LogP contribution in [-0.2, 0) is 11.3 Å². The fourth-order valence-corrected chi connectivity index (χ4v) is 4.12. The molecule has 7 heteroatoms. The van der Waals surface area contributed by atoms with Gasteiger partial charge in [-0.15, -0.1) is 0 Å². The SMILES string of the molecule is Cc1ccc(-n2ncc(C(=O)NCc3cccc(OCCN4CCOCC4)c3)c2C(C)C)cc1. The molecular formula is C27H34N4O3. The highest BCUT2D eigenvalue weighted by molar-refractivity contribution is 5.95. The van der Waals surface area contributed by atoms with Gasteiger partial charge in [-0.1, -0.05) is 43.7 Å². The van der Waals surface area contributed by atoms with Crippen LogP contribution in [0.4, 0.5) is 0 Å². The molecule has 7 nitrogen and oxygen atoms in total. The van der Waals surface area contributed by atoms with Crippen molar-refractivity contribution in [1.82, 2.24) is 20.0 Å². The maximum atomic E-state index is 13.1. The zero-order valence-electron chi connectivity index (χ0n) is 20.3. The van der Waals surface area contributed by atoms with E-state index in [2.05, 4.69) is 48.2 Å². The van der Waals surface area contributed by atoms with E-state index in [-0.39, 0.29) is 11.8 Å². The Morgan fingerprint density at radius 3 is 2.65 bits per heavy atom. The van der Waals surface area contributed by atoms with Crippen LogP contribution in [0, 0.1) is 6.92 Å². The lowest BCUT2D eigenvalue weighted by Crippen LogP contribution is -2.38. The zero-order valence-corrected chi connectivity index (χ0v) is 20.3. The second-order valence-corrected chi connectivity index (χ2v) is 8.98. The van der Waals surface area contributed by atoms with E-state index in [4.69, 9.17) is 9.47 Å². The number of aryl methyl sites for hydroxylation is 1. The van der Waals surface area contributed by atoms with Crippen LogP contribution in [0.2, 0.25) is 0 Å². The van der Waals surface area contributed by atoms with Crippen molar-refractivity contribution in [1.29, 1.82) is 0 Å². The summed E-state index contributed by atoms with van der Waals surface area (Å²) in [6.07, 6.45) is 1.66. The van der Waals surface area contributed by atoms with Crippen molar-refractivity contribution in [2.75, 3.05) is 39.5 Å². The van der Waals surface area contributed by atoms with Gasteiger partial charge >= 0.3 is 0 Å². The quantitative estimate of drug-likeness (QED) is 0.522. The van der Waals surface area contributed by atoms with E-state index in [9.17, 15) is 4.79 Å². The first-order valence-electron chi connectivity index (χ1n) is 12.0. The van der Waals surface area contributed by atoms with Gasteiger partial charge in [0.15, 0.2) is 0 Å². The third-order valence-electron chi connectivity index (χ3n) is 6.01. The molecule has 3 aromatic rings. The number of carbonyl (C=O) groups is 1. The first-order chi connectivity index (χ1) is 16.5. The number of morpholine rings is 1. The minimum atomic E-state index is -0.124. The minimum Gasteiger partial charge on any atom is -0.492 e. The maximum Gasteiger partial charge on any atom is 0.255 e. The minimum absolute atomic E-state index is 0.124. The van der Waals surface area contributed by atoms with Gasteiger partial charge in [0.25, 0.3) is 5.91 Å². The van der Waals surface area contributed by atoms with Crippen molar-refractivity contribution in [3.63, 3.8) is 0 Å². The van der Waals surface area contributed by atoms with E-state index < -0.39 is 0 Å². The molecule has 0 bridgehead atoms. The number of amides is 1. The van der Waals surface area contributed by atoms with Gasteiger partial charge in [-0.25, -0.2) is 4.68 Å². The molecule has 180 valence electrons. The molecule has 4 rings (SSSR count). The molecule has 1 fully saturated rings. The fourth-order valence-electron chi connectivity index (χ4n) is 4.12. The van der Waals surface area contributed by atoms with Gasteiger partial charge in [0, 0.05) is 26.2 Å². The number of hydrogen-bond donors (Lipinski definition) is 1. The van der Waals surface area contributed by atoms with Crippen LogP contribution in [-0.4, -0.2) is 60.0 Å². The molecule has 0 radical (unpaired) electrons. The molecule has 0 saturated carbocycles. The second-order valence-electron chi connectivity index (χ2n) is 8.98. The standard InChI is InChI=1S/C27H34N4O3/c1-20(2)26-25(19-29-31(26)23-9-7-21(3)8-10-23)27(32)28-18-22-5-4-6-24(17-22)34-16-13-30-11-14-33-15-12-30/h4-10,17,19-20H,11-16,18H2,1-3H3,(H,28,32). The number of benzene rings is 2. The van der Waals surface area contributed by atoms with Crippen LogP contribution in [0.3, 0.4) is 0 Å². The molecule has 2 aromatic carbocycles. The largest absolute Gasteiger partial charge is 0.492 e. The first-order valence-corrected chi connectivity index (χ1v) is 12.0. The van der Waals surface area contributed by atoms with Crippen LogP contribution < -0.4 is 10.1 Å². The number of carbonyl (C=O) groups excluding carboxylic acids is 1. The number of hydrogen-bond acceptors (Lipinski definition) is 5. The molecule has 0 unspecified atom stereocenters. The van der Waals surface area contributed by atoms with Gasteiger partial charge in [-0.3, -0.25) is 9.69 Å². The van der Waals surface area contributed by atoms with Gasteiger partial charge in [-0.2, -0.15) is 5.10 Å². The number of aromatic nitrogens is 2. The molecule has 0 aliphatic carbocycles. The summed E-state index contributed by atoms with van der Waals surface area (Å²) in [5.74, 6) is 0.837. The number of rotatable bonds is 9. The Morgan fingerprint density at radius 1 is 1.15 bits per heavy atom. The summed E-state index contributed by atoms with van der Waals surface area (Å²) in [6, 6.07) is 16.1. The normalized spacial score (nSPS) is 14.4. The predicted molar refractivity (Wildman–Crippen MR) is 133 cm³/mol. The molecule has 0 spiro atoms. The average Bonchev–Trinajstić information content (AvgIpc) is 3.30. The van der Waals surface area contributed by atoms with Crippen molar-refractivity contribution in [2.24, 2.45) is 0 Å². The summed E-state index contributed by atoms with van der Waals surface area (Å²) in [5, 5.41) is 7.57. The molecular weight excluding hydrogens is 428 g/mol. The van der Waals surface area contributed by atoms with Gasteiger partial charge in [0.2, 0.25) is 0 Å². The topological polar surface area (TPSA) is 68.6 Å². The molecule has 1 aromatic heterocycles. The second kappa shape index (κ2) is 11.3. The monoisotopic (exact) mass is 462 g/mol. The van der Waals surface area contributed by atoms with E-state index >= 15 is 0 Å². The summed E-state index contributed by atoms with van der Waals surface area (Å²) in [4.78, 5) is 15.4. The summed E-state index contributed by atoms with van der Waals surface area (Å²) in [7, 11) is 0. The lowest BCUT2D eigenvalue weighted by molar-refractivity contribution is 0.0322. The Bertz CT molecular complexity index is 1090. The van der Waals surface area contributed by atoms with Crippen molar-refractivity contribution >= 4 is 5.91 Å². The van der Waals surface area contributed by atoms with Crippen LogP contribution >= 0.6 is 0 Å². The van der Waals surface area contributed by atoms with Gasteiger partial charge < -0.3 is 14.8 Å². The van der Waals surface area contributed by atoms with Crippen LogP contribution in [0.25, 0.3) is 5.69 Å². The predicted octanol–water partition coefficient (Wildman–Crippen LogP) is 3.95. The molecule has 1 N–H and O–H groups in total. The Morgan fingerprint density at radius 2 is 1.91 bits per heavy atom. The van der Waals surface area contributed by atoms with E-state index in [1.165, 1.54) is 5.56 Å². The number of nitrogens with one attached hydrogen (secondary N) is 1. The summed E-state index contributed by atoms with van der Waals surface area (Å²) in [6.45, 7) is 11.6. The van der Waals surface area contributed by atoms with Gasteiger partial charge in [-0.05, 0) is 42.7 Å². The van der Waals surface area contributed by atoms with Gasteiger partial charge in [0.05, 0.1) is 36.4 Å². The van der Waals surface area contributed by atoms with Crippen molar-refractivity contribution in [2.45, 2.75) is 33.2 Å². The summed E-state index contributed by atoms with van der Waals surface area (Å²) >= 11 is 0. The molecule has 1 aliphatic rings. The highest BCUT2D eigenvalue weighted by atomic mass is 16.5. The third-order valence-corrected chi connectivity index (χ3v) is 6.01. The van der Waals surface area contributed by atoms with Crippen LogP contribution in [0.5, 0.6) is 5.75 Å². The zero-order chi connectivity index (χ0) is 23.9. The number of ether oxygens (including phenoxy) is 2. The lowest BCUT2D eigenvalue weighted by atomic mass is 10.0. The van der Waals surface area contributed by atoms with Crippen LogP contribution in [0.15, 0.2) is 54.7 Å². The smallest absolute Gasteiger partial charge is 0.255 e. The van der Waals surface area contributed by atoms with Crippen LogP contribution in [0.1, 0.15) is 46.9 Å². The first kappa shape index (κ1) is 24.0. The third kappa shape index (κ3) is 6.04. The molecule has 2 heterocycles. The molecule has 1 aliphatic heterocycles. The fraction of sp³-hybridized carbons (Fsp3) is 0.407.